The number of ketones is 1. The Morgan fingerprint density at radius 1 is 1.35 bits per heavy atom. The predicted octanol–water partition coefficient (Wildman–Crippen LogP) is 3.11. The average molecular weight is 236 g/mol. The van der Waals surface area contributed by atoms with Gasteiger partial charge in [0.2, 0.25) is 0 Å². The molecule has 0 aromatic carbocycles. The van der Waals surface area contributed by atoms with Crippen LogP contribution < -0.4 is 0 Å². The van der Waals surface area contributed by atoms with E-state index in [1.165, 1.54) is 0 Å². The molecule has 0 spiro atoms. The summed E-state index contributed by atoms with van der Waals surface area (Å²) in [6.07, 6.45) is 13.5. The van der Waals surface area contributed by atoms with Crippen LogP contribution >= 0.6 is 0 Å². The van der Waals surface area contributed by atoms with Gasteiger partial charge in [-0.25, -0.2) is 0 Å². The number of carbonyl (C=O) groups is 2. The molecule has 3 nitrogen and oxygen atoms in total. The summed E-state index contributed by atoms with van der Waals surface area (Å²) in [6, 6.07) is 0. The third kappa shape index (κ3) is 6.05. The van der Waals surface area contributed by atoms with Crippen LogP contribution in [0.2, 0.25) is 0 Å². The molecule has 0 aromatic heterocycles. The minimum atomic E-state index is -0.716. The summed E-state index contributed by atoms with van der Waals surface area (Å²) in [7, 11) is 0. The van der Waals surface area contributed by atoms with Crippen LogP contribution in [0.1, 0.15) is 44.9 Å². The monoisotopic (exact) mass is 236 g/mol. The molecule has 0 amide bonds. The number of carboxylic acid groups (broad SMARTS) is 1. The van der Waals surface area contributed by atoms with Crippen molar-refractivity contribution in [3.05, 3.63) is 24.3 Å². The molecule has 0 fully saturated rings. The summed E-state index contributed by atoms with van der Waals surface area (Å²) in [4.78, 5) is 21.6. The molecule has 94 valence electrons. The Morgan fingerprint density at radius 2 is 2.18 bits per heavy atom. The van der Waals surface area contributed by atoms with E-state index < -0.39 is 5.97 Å². The lowest BCUT2D eigenvalue weighted by Crippen LogP contribution is -2.04. The smallest absolute Gasteiger partial charge is 0.303 e. The largest absolute Gasteiger partial charge is 0.481 e. The van der Waals surface area contributed by atoms with Gasteiger partial charge in [-0.3, -0.25) is 9.59 Å². The molecule has 1 N–H and O–H groups in total. The molecule has 1 rings (SSSR count). The molecular formula is C14H20O3. The molecule has 0 aromatic rings. The standard InChI is InChI=1S/C14H20O3/c15-13-10-7-9-12(13)8-5-3-1-2-4-6-11-14(16)17/h3,5,7,9,12H,1-2,4,6,8,10-11H2,(H,16,17)/b5-3-. The Balaban J connectivity index is 1.97. The molecule has 1 atom stereocenters. The van der Waals surface area contributed by atoms with E-state index >= 15 is 0 Å². The predicted molar refractivity (Wildman–Crippen MR) is 66.7 cm³/mol. The fraction of sp³-hybridized carbons (Fsp3) is 0.571. The van der Waals surface area contributed by atoms with E-state index in [4.69, 9.17) is 5.11 Å². The first-order valence-corrected chi connectivity index (χ1v) is 6.26. The number of carboxylic acids is 1. The second-order valence-electron chi connectivity index (χ2n) is 4.41. The van der Waals surface area contributed by atoms with E-state index in [0.717, 1.165) is 32.1 Å². The van der Waals surface area contributed by atoms with Crippen LogP contribution in [0.25, 0.3) is 0 Å². The number of aliphatic carboxylic acids is 1. The van der Waals surface area contributed by atoms with E-state index in [1.807, 2.05) is 12.2 Å². The molecule has 1 aliphatic rings. The van der Waals surface area contributed by atoms with Gasteiger partial charge in [-0.1, -0.05) is 30.7 Å². The minimum Gasteiger partial charge on any atom is -0.481 e. The molecule has 0 saturated heterocycles. The third-order valence-electron chi connectivity index (χ3n) is 2.92. The van der Waals surface area contributed by atoms with Gasteiger partial charge in [0.1, 0.15) is 5.78 Å². The molecule has 17 heavy (non-hydrogen) atoms. The second-order valence-corrected chi connectivity index (χ2v) is 4.41. The Morgan fingerprint density at radius 3 is 2.82 bits per heavy atom. The van der Waals surface area contributed by atoms with Gasteiger partial charge in [0.05, 0.1) is 0 Å². The van der Waals surface area contributed by atoms with Crippen molar-refractivity contribution in [2.24, 2.45) is 5.92 Å². The van der Waals surface area contributed by atoms with Gasteiger partial charge in [0.25, 0.3) is 0 Å². The van der Waals surface area contributed by atoms with Gasteiger partial charge in [-0.2, -0.15) is 0 Å². The normalized spacial score (nSPS) is 19.3. The zero-order valence-corrected chi connectivity index (χ0v) is 10.1. The van der Waals surface area contributed by atoms with Crippen molar-refractivity contribution in [2.75, 3.05) is 0 Å². The van der Waals surface area contributed by atoms with Crippen molar-refractivity contribution in [1.29, 1.82) is 0 Å². The van der Waals surface area contributed by atoms with Gasteiger partial charge < -0.3 is 5.11 Å². The molecule has 3 heteroatoms. The van der Waals surface area contributed by atoms with E-state index in [1.54, 1.807) is 0 Å². The topological polar surface area (TPSA) is 54.4 Å². The maximum absolute atomic E-state index is 11.3. The Bertz CT molecular complexity index is 315. The van der Waals surface area contributed by atoms with Gasteiger partial charge in [0, 0.05) is 18.8 Å². The van der Waals surface area contributed by atoms with Crippen molar-refractivity contribution < 1.29 is 14.7 Å². The summed E-state index contributed by atoms with van der Waals surface area (Å²) < 4.78 is 0. The fourth-order valence-corrected chi connectivity index (χ4v) is 1.89. The number of hydrogen-bond donors (Lipinski definition) is 1. The van der Waals surface area contributed by atoms with Crippen molar-refractivity contribution in [2.45, 2.75) is 44.9 Å². The van der Waals surface area contributed by atoms with Gasteiger partial charge in [0.15, 0.2) is 0 Å². The van der Waals surface area contributed by atoms with Crippen LogP contribution in [0.15, 0.2) is 24.3 Å². The summed E-state index contributed by atoms with van der Waals surface area (Å²) in [5.41, 5.74) is 0. The Kier molecular flexibility index (Phi) is 6.30. The van der Waals surface area contributed by atoms with Crippen molar-refractivity contribution in [3.8, 4) is 0 Å². The fourth-order valence-electron chi connectivity index (χ4n) is 1.89. The van der Waals surface area contributed by atoms with E-state index in [9.17, 15) is 9.59 Å². The summed E-state index contributed by atoms with van der Waals surface area (Å²) in [6.45, 7) is 0. The van der Waals surface area contributed by atoms with Crippen molar-refractivity contribution in [1.82, 2.24) is 0 Å². The van der Waals surface area contributed by atoms with Crippen LogP contribution in [0, 0.1) is 5.92 Å². The highest BCUT2D eigenvalue weighted by Crippen LogP contribution is 2.17. The molecule has 0 radical (unpaired) electrons. The second kappa shape index (κ2) is 7.82. The first-order chi connectivity index (χ1) is 8.20. The van der Waals surface area contributed by atoms with Crippen LogP contribution in [-0.2, 0) is 9.59 Å². The molecule has 0 aliphatic heterocycles. The maximum atomic E-state index is 11.3. The molecule has 1 unspecified atom stereocenters. The summed E-state index contributed by atoms with van der Waals surface area (Å²) in [5, 5.41) is 8.45. The average Bonchev–Trinajstić information content (AvgIpc) is 2.68. The zero-order valence-electron chi connectivity index (χ0n) is 10.1. The first-order valence-electron chi connectivity index (χ1n) is 6.26. The highest BCUT2D eigenvalue weighted by atomic mass is 16.4. The molecule has 0 heterocycles. The zero-order chi connectivity index (χ0) is 12.5. The number of Topliss-reactive ketones (excluding diaryl/α,β-unsaturated/α-hetero) is 1. The summed E-state index contributed by atoms with van der Waals surface area (Å²) in [5.74, 6) is -0.304. The number of rotatable bonds is 8. The van der Waals surface area contributed by atoms with Gasteiger partial charge in [-0.15, -0.1) is 0 Å². The molecule has 0 saturated carbocycles. The number of hydrogen-bond acceptors (Lipinski definition) is 2. The van der Waals surface area contributed by atoms with E-state index in [0.29, 0.717) is 12.2 Å². The molecular weight excluding hydrogens is 216 g/mol. The SMILES string of the molecule is O=C(O)CCCCC/C=C\CC1C=CCC1=O. The van der Waals surface area contributed by atoms with Crippen LogP contribution in [0.5, 0.6) is 0 Å². The minimum absolute atomic E-state index is 0.0956. The maximum Gasteiger partial charge on any atom is 0.303 e. The van der Waals surface area contributed by atoms with Crippen LogP contribution in [0.3, 0.4) is 0 Å². The van der Waals surface area contributed by atoms with E-state index in [2.05, 4.69) is 12.2 Å². The lowest BCUT2D eigenvalue weighted by molar-refractivity contribution is -0.137. The van der Waals surface area contributed by atoms with Crippen LogP contribution in [-0.4, -0.2) is 16.9 Å². The summed E-state index contributed by atoms with van der Waals surface area (Å²) >= 11 is 0. The Labute approximate surface area is 102 Å². The number of allylic oxidation sites excluding steroid dienone is 4. The Hall–Kier alpha value is -1.38. The lowest BCUT2D eigenvalue weighted by Gasteiger charge is -2.00. The quantitative estimate of drug-likeness (QED) is 0.520. The molecule has 0 bridgehead atoms. The van der Waals surface area contributed by atoms with Gasteiger partial charge >= 0.3 is 5.97 Å². The first kappa shape index (κ1) is 13.7. The number of unbranched alkanes of at least 4 members (excludes halogenated alkanes) is 3. The molecule has 1 aliphatic carbocycles. The van der Waals surface area contributed by atoms with Crippen molar-refractivity contribution >= 4 is 11.8 Å². The van der Waals surface area contributed by atoms with E-state index in [-0.39, 0.29) is 12.3 Å². The number of carbonyl (C=O) groups excluding carboxylic acids is 1. The highest BCUT2D eigenvalue weighted by molar-refractivity contribution is 5.86. The highest BCUT2D eigenvalue weighted by Gasteiger charge is 2.16. The third-order valence-corrected chi connectivity index (χ3v) is 2.92. The van der Waals surface area contributed by atoms with Crippen LogP contribution in [0.4, 0.5) is 0 Å². The lowest BCUT2D eigenvalue weighted by atomic mass is 10.0. The van der Waals surface area contributed by atoms with Gasteiger partial charge in [-0.05, 0) is 25.7 Å². The van der Waals surface area contributed by atoms with Crippen molar-refractivity contribution in [3.63, 3.8) is 0 Å².